The number of nitrogens with one attached hydrogen (secondary N) is 1. The number of benzene rings is 1. The van der Waals surface area contributed by atoms with Crippen LogP contribution in [0.25, 0.3) is 0 Å². The van der Waals surface area contributed by atoms with Crippen LogP contribution in [0.15, 0.2) is 18.2 Å². The minimum absolute atomic E-state index is 0.446. The second-order valence-electron chi connectivity index (χ2n) is 5.20. The number of carbonyl (C=O) groups excluding carboxylic acids is 2. The predicted octanol–water partition coefficient (Wildman–Crippen LogP) is 2.08. The summed E-state index contributed by atoms with van der Waals surface area (Å²) in [7, 11) is 0. The summed E-state index contributed by atoms with van der Waals surface area (Å²) in [5.41, 5.74) is -0.941. The van der Waals surface area contributed by atoms with Crippen molar-refractivity contribution in [2.75, 3.05) is 18.4 Å². The van der Waals surface area contributed by atoms with Gasteiger partial charge in [0.15, 0.2) is 0 Å². The molecule has 0 aliphatic carbocycles. The third-order valence-corrected chi connectivity index (χ3v) is 3.37. The van der Waals surface area contributed by atoms with Crippen molar-refractivity contribution in [3.63, 3.8) is 0 Å². The molecule has 1 aliphatic heterocycles. The van der Waals surface area contributed by atoms with E-state index in [-0.39, 0.29) is 0 Å². The quantitative estimate of drug-likeness (QED) is 0.512. The van der Waals surface area contributed by atoms with Crippen molar-refractivity contribution >= 4 is 23.2 Å². The Bertz CT molecular complexity index is 692. The van der Waals surface area contributed by atoms with E-state index in [4.69, 9.17) is 0 Å². The van der Waals surface area contributed by atoms with Gasteiger partial charge in [-0.25, -0.2) is 4.39 Å². The molecule has 2 amide bonds. The molecule has 1 fully saturated rings. The number of halogens is 4. The van der Waals surface area contributed by atoms with Crippen LogP contribution in [0.2, 0.25) is 0 Å². The Hall–Kier alpha value is -2.72. The highest BCUT2D eigenvalue weighted by Gasteiger charge is 2.40. The molecular weight excluding hydrogens is 338 g/mol. The van der Waals surface area contributed by atoms with E-state index in [0.717, 1.165) is 18.2 Å². The Kier molecular flexibility index (Phi) is 4.71. The summed E-state index contributed by atoms with van der Waals surface area (Å²) >= 11 is 0. The molecular formula is C13H11F4N3O4. The number of hydrogen-bond donors (Lipinski definition) is 1. The summed E-state index contributed by atoms with van der Waals surface area (Å²) in [5, 5.41) is 12.7. The summed E-state index contributed by atoms with van der Waals surface area (Å²) in [6.07, 6.45) is -5.04. The molecule has 0 bridgehead atoms. The van der Waals surface area contributed by atoms with Crippen LogP contribution in [0.1, 0.15) is 6.42 Å². The Morgan fingerprint density at radius 3 is 2.67 bits per heavy atom. The van der Waals surface area contributed by atoms with Gasteiger partial charge in [0.25, 0.3) is 5.69 Å². The van der Waals surface area contributed by atoms with Gasteiger partial charge in [-0.2, -0.15) is 13.2 Å². The fourth-order valence-corrected chi connectivity index (χ4v) is 2.27. The van der Waals surface area contributed by atoms with Crippen LogP contribution in [0, 0.1) is 21.8 Å². The highest BCUT2D eigenvalue weighted by atomic mass is 19.4. The Labute approximate surface area is 132 Å². The van der Waals surface area contributed by atoms with Crippen molar-refractivity contribution in [1.82, 2.24) is 4.90 Å². The standard InChI is InChI=1S/C13H11F4N3O4/c14-9-2-1-8(20(23)24)4-10(9)18-12(22)7-3-11(21)19(5-7)6-13(15,16)17/h1-2,4,7H,3,5-6H2,(H,18,22). The molecule has 0 saturated carbocycles. The number of nitro benzene ring substituents is 1. The number of amides is 2. The van der Waals surface area contributed by atoms with Gasteiger partial charge in [0.2, 0.25) is 11.8 Å². The summed E-state index contributed by atoms with van der Waals surface area (Å²) in [6.45, 7) is -1.93. The van der Waals surface area contributed by atoms with Crippen LogP contribution in [0.4, 0.5) is 28.9 Å². The van der Waals surface area contributed by atoms with E-state index in [1.807, 2.05) is 0 Å². The monoisotopic (exact) mass is 349 g/mol. The van der Waals surface area contributed by atoms with Crippen LogP contribution in [-0.2, 0) is 9.59 Å². The first-order chi connectivity index (χ1) is 11.1. The minimum Gasteiger partial charge on any atom is -0.333 e. The van der Waals surface area contributed by atoms with E-state index < -0.39 is 65.5 Å². The lowest BCUT2D eigenvalue weighted by molar-refractivity contribution is -0.384. The largest absolute Gasteiger partial charge is 0.406 e. The summed E-state index contributed by atoms with van der Waals surface area (Å²) in [4.78, 5) is 33.8. The second kappa shape index (κ2) is 6.42. The van der Waals surface area contributed by atoms with Crippen LogP contribution in [0.5, 0.6) is 0 Å². The molecule has 24 heavy (non-hydrogen) atoms. The van der Waals surface area contributed by atoms with Crippen molar-refractivity contribution in [3.05, 3.63) is 34.1 Å². The number of non-ortho nitro benzene ring substituents is 1. The van der Waals surface area contributed by atoms with Gasteiger partial charge in [-0.3, -0.25) is 19.7 Å². The minimum atomic E-state index is -4.59. The Balaban J connectivity index is 2.07. The van der Waals surface area contributed by atoms with E-state index >= 15 is 0 Å². The van der Waals surface area contributed by atoms with Crippen LogP contribution < -0.4 is 5.32 Å². The summed E-state index contributed by atoms with van der Waals surface area (Å²) in [5.74, 6) is -3.76. The smallest absolute Gasteiger partial charge is 0.333 e. The Morgan fingerprint density at radius 2 is 2.08 bits per heavy atom. The number of hydrogen-bond acceptors (Lipinski definition) is 4. The zero-order chi connectivity index (χ0) is 18.1. The van der Waals surface area contributed by atoms with Crippen molar-refractivity contribution < 1.29 is 32.1 Å². The topological polar surface area (TPSA) is 92.5 Å². The van der Waals surface area contributed by atoms with E-state index in [1.165, 1.54) is 0 Å². The lowest BCUT2D eigenvalue weighted by Gasteiger charge is -2.18. The van der Waals surface area contributed by atoms with Gasteiger partial charge in [0.05, 0.1) is 16.5 Å². The summed E-state index contributed by atoms with van der Waals surface area (Å²) in [6, 6.07) is 2.47. The average Bonchev–Trinajstić information content (AvgIpc) is 2.80. The maximum Gasteiger partial charge on any atom is 0.406 e. The van der Waals surface area contributed by atoms with Gasteiger partial charge in [0.1, 0.15) is 12.4 Å². The zero-order valence-electron chi connectivity index (χ0n) is 12.0. The van der Waals surface area contributed by atoms with Gasteiger partial charge in [-0.05, 0) is 6.07 Å². The fourth-order valence-electron chi connectivity index (χ4n) is 2.27. The number of carbonyl (C=O) groups is 2. The SMILES string of the molecule is O=C(Nc1cc([N+](=O)[O-])ccc1F)C1CC(=O)N(CC(F)(F)F)C1. The molecule has 1 atom stereocenters. The first kappa shape index (κ1) is 17.6. The molecule has 2 rings (SSSR count). The molecule has 0 spiro atoms. The third kappa shape index (κ3) is 4.18. The molecule has 1 saturated heterocycles. The number of nitrogens with zero attached hydrogens (tertiary/aromatic N) is 2. The van der Waals surface area contributed by atoms with E-state index in [0.29, 0.717) is 4.90 Å². The van der Waals surface area contributed by atoms with Crippen molar-refractivity contribution in [3.8, 4) is 0 Å². The van der Waals surface area contributed by atoms with Gasteiger partial charge < -0.3 is 10.2 Å². The molecule has 1 aromatic carbocycles. The number of rotatable bonds is 4. The first-order valence-corrected chi connectivity index (χ1v) is 6.66. The maximum absolute atomic E-state index is 13.6. The molecule has 11 heteroatoms. The molecule has 7 nitrogen and oxygen atoms in total. The third-order valence-electron chi connectivity index (χ3n) is 3.37. The van der Waals surface area contributed by atoms with Crippen LogP contribution >= 0.6 is 0 Å². The second-order valence-corrected chi connectivity index (χ2v) is 5.20. The highest BCUT2D eigenvalue weighted by Crippen LogP contribution is 2.26. The lowest BCUT2D eigenvalue weighted by Crippen LogP contribution is -2.36. The van der Waals surface area contributed by atoms with Gasteiger partial charge in [-0.15, -0.1) is 0 Å². The maximum atomic E-state index is 13.6. The van der Waals surface area contributed by atoms with E-state index in [1.54, 1.807) is 0 Å². The number of anilines is 1. The average molecular weight is 349 g/mol. The number of alkyl halides is 3. The molecule has 1 aliphatic rings. The first-order valence-electron chi connectivity index (χ1n) is 6.66. The van der Waals surface area contributed by atoms with Gasteiger partial charge in [0, 0.05) is 25.1 Å². The van der Waals surface area contributed by atoms with Gasteiger partial charge >= 0.3 is 6.18 Å². The van der Waals surface area contributed by atoms with E-state index in [9.17, 15) is 37.3 Å². The number of nitro groups is 1. The molecule has 1 heterocycles. The predicted molar refractivity (Wildman–Crippen MR) is 72.4 cm³/mol. The molecule has 1 aromatic rings. The van der Waals surface area contributed by atoms with Crippen molar-refractivity contribution in [2.45, 2.75) is 12.6 Å². The molecule has 0 aromatic heterocycles. The van der Waals surface area contributed by atoms with Crippen LogP contribution in [-0.4, -0.2) is 40.9 Å². The molecule has 1 N–H and O–H groups in total. The number of likely N-dealkylation sites (tertiary alicyclic amines) is 1. The molecule has 1 unspecified atom stereocenters. The van der Waals surface area contributed by atoms with E-state index in [2.05, 4.69) is 5.32 Å². The fraction of sp³-hybridized carbons (Fsp3) is 0.385. The molecule has 0 radical (unpaired) electrons. The van der Waals surface area contributed by atoms with Crippen molar-refractivity contribution in [1.29, 1.82) is 0 Å². The zero-order valence-corrected chi connectivity index (χ0v) is 12.0. The van der Waals surface area contributed by atoms with Gasteiger partial charge in [-0.1, -0.05) is 0 Å². The normalized spacial score (nSPS) is 17.9. The van der Waals surface area contributed by atoms with Crippen LogP contribution in [0.3, 0.4) is 0 Å². The summed E-state index contributed by atoms with van der Waals surface area (Å²) < 4.78 is 50.6. The Morgan fingerprint density at radius 1 is 1.42 bits per heavy atom. The lowest BCUT2D eigenvalue weighted by atomic mass is 10.1. The molecule has 130 valence electrons. The van der Waals surface area contributed by atoms with Crippen molar-refractivity contribution in [2.24, 2.45) is 5.92 Å². The highest BCUT2D eigenvalue weighted by molar-refractivity contribution is 5.97.